The minimum Gasteiger partial charge on any atom is -0.312 e. The second kappa shape index (κ2) is 7.09. The highest BCUT2D eigenvalue weighted by Crippen LogP contribution is 2.21. The van der Waals surface area contributed by atoms with E-state index in [1.807, 2.05) is 0 Å². The van der Waals surface area contributed by atoms with Crippen LogP contribution in [0, 0.1) is 18.8 Å². The van der Waals surface area contributed by atoms with Gasteiger partial charge in [0.15, 0.2) is 0 Å². The van der Waals surface area contributed by atoms with Crippen LogP contribution < -0.4 is 5.32 Å². The molecule has 108 valence electrons. The van der Waals surface area contributed by atoms with Crippen LogP contribution in [0.5, 0.6) is 0 Å². The van der Waals surface area contributed by atoms with Crippen LogP contribution in [-0.4, -0.2) is 12.1 Å². The van der Waals surface area contributed by atoms with Crippen molar-refractivity contribution in [3.63, 3.8) is 0 Å². The van der Waals surface area contributed by atoms with E-state index in [2.05, 4.69) is 71.1 Å². The van der Waals surface area contributed by atoms with Crippen LogP contribution in [0.15, 0.2) is 24.3 Å². The van der Waals surface area contributed by atoms with Gasteiger partial charge in [-0.2, -0.15) is 0 Å². The molecule has 0 aliphatic carbocycles. The Labute approximate surface area is 119 Å². The predicted octanol–water partition coefficient (Wildman–Crippen LogP) is 4.59. The fourth-order valence-corrected chi connectivity index (χ4v) is 2.39. The average Bonchev–Trinajstić information content (AvgIpc) is 2.32. The lowest BCUT2D eigenvalue weighted by Crippen LogP contribution is -2.41. The monoisotopic (exact) mass is 261 g/mol. The van der Waals surface area contributed by atoms with Crippen molar-refractivity contribution < 1.29 is 0 Å². The second-order valence-corrected chi connectivity index (χ2v) is 6.97. The van der Waals surface area contributed by atoms with Crippen LogP contribution in [0.4, 0.5) is 0 Å². The Morgan fingerprint density at radius 2 is 1.89 bits per heavy atom. The predicted molar refractivity (Wildman–Crippen MR) is 85.6 cm³/mol. The number of rotatable bonds is 6. The summed E-state index contributed by atoms with van der Waals surface area (Å²) in [7, 11) is 0. The Kier molecular flexibility index (Phi) is 6.06. The molecule has 2 atom stereocenters. The first-order valence-corrected chi connectivity index (χ1v) is 7.62. The quantitative estimate of drug-likeness (QED) is 0.790. The van der Waals surface area contributed by atoms with Crippen molar-refractivity contribution in [2.75, 3.05) is 6.54 Å². The molecule has 0 saturated carbocycles. The second-order valence-electron chi connectivity index (χ2n) is 6.97. The molecule has 1 aromatic rings. The van der Waals surface area contributed by atoms with Gasteiger partial charge in [-0.25, -0.2) is 0 Å². The molecule has 0 bridgehead atoms. The van der Waals surface area contributed by atoms with Crippen LogP contribution in [0.3, 0.4) is 0 Å². The van der Waals surface area contributed by atoms with Crippen LogP contribution in [-0.2, 0) is 6.42 Å². The minimum absolute atomic E-state index is 0.207. The van der Waals surface area contributed by atoms with Crippen molar-refractivity contribution in [1.82, 2.24) is 5.32 Å². The molecule has 1 rings (SSSR count). The Morgan fingerprint density at radius 3 is 2.42 bits per heavy atom. The summed E-state index contributed by atoms with van der Waals surface area (Å²) in [5, 5.41) is 3.67. The molecule has 1 N–H and O–H groups in total. The van der Waals surface area contributed by atoms with Crippen LogP contribution in [0.2, 0.25) is 0 Å². The van der Waals surface area contributed by atoms with Gasteiger partial charge in [-0.3, -0.25) is 0 Å². The standard InChI is InChI=1S/C18H31N/c1-7-15(3)17(13-19-18(4,5)6)12-16-10-8-9-14(2)11-16/h8-11,15,17,19H,7,12-13H2,1-6H3. The highest BCUT2D eigenvalue weighted by atomic mass is 14.9. The third-order valence-electron chi connectivity index (χ3n) is 3.92. The lowest BCUT2D eigenvalue weighted by atomic mass is 9.85. The lowest BCUT2D eigenvalue weighted by Gasteiger charge is -2.29. The fraction of sp³-hybridized carbons (Fsp3) is 0.667. The topological polar surface area (TPSA) is 12.0 Å². The summed E-state index contributed by atoms with van der Waals surface area (Å²) >= 11 is 0. The van der Waals surface area contributed by atoms with Gasteiger partial charge in [0.05, 0.1) is 0 Å². The van der Waals surface area contributed by atoms with Crippen LogP contribution in [0.25, 0.3) is 0 Å². The zero-order valence-electron chi connectivity index (χ0n) is 13.6. The smallest absolute Gasteiger partial charge is 0.00966 e. The fourth-order valence-electron chi connectivity index (χ4n) is 2.39. The van der Waals surface area contributed by atoms with Gasteiger partial charge in [-0.05, 0) is 58.1 Å². The summed E-state index contributed by atoms with van der Waals surface area (Å²) < 4.78 is 0. The Balaban J connectivity index is 2.69. The molecule has 1 aromatic carbocycles. The summed E-state index contributed by atoms with van der Waals surface area (Å²) in [5.74, 6) is 1.47. The molecule has 0 spiro atoms. The maximum absolute atomic E-state index is 3.67. The first-order chi connectivity index (χ1) is 8.81. The van der Waals surface area contributed by atoms with E-state index in [4.69, 9.17) is 0 Å². The van der Waals surface area contributed by atoms with Crippen LogP contribution in [0.1, 0.15) is 52.2 Å². The largest absolute Gasteiger partial charge is 0.312 e. The number of aryl methyl sites for hydroxylation is 1. The van der Waals surface area contributed by atoms with Gasteiger partial charge >= 0.3 is 0 Å². The number of nitrogens with one attached hydrogen (secondary N) is 1. The molecule has 19 heavy (non-hydrogen) atoms. The molecule has 0 radical (unpaired) electrons. The summed E-state index contributed by atoms with van der Waals surface area (Å²) in [5.41, 5.74) is 3.04. The highest BCUT2D eigenvalue weighted by Gasteiger charge is 2.19. The van der Waals surface area contributed by atoms with Gasteiger partial charge in [0.25, 0.3) is 0 Å². The van der Waals surface area contributed by atoms with Crippen molar-refractivity contribution in [1.29, 1.82) is 0 Å². The normalized spacial score (nSPS) is 15.3. The Morgan fingerprint density at radius 1 is 1.21 bits per heavy atom. The molecule has 2 unspecified atom stereocenters. The van der Waals surface area contributed by atoms with E-state index in [9.17, 15) is 0 Å². The Bertz CT molecular complexity index is 376. The van der Waals surface area contributed by atoms with E-state index >= 15 is 0 Å². The zero-order chi connectivity index (χ0) is 14.5. The molecule has 0 aliphatic rings. The molecule has 1 nitrogen and oxygen atoms in total. The van der Waals surface area contributed by atoms with Gasteiger partial charge in [0.1, 0.15) is 0 Å². The van der Waals surface area contributed by atoms with Crippen molar-refractivity contribution in [2.24, 2.45) is 11.8 Å². The summed E-state index contributed by atoms with van der Waals surface area (Å²) in [6, 6.07) is 8.94. The molecule has 0 aliphatic heterocycles. The van der Waals surface area contributed by atoms with E-state index in [1.165, 1.54) is 24.0 Å². The minimum atomic E-state index is 0.207. The molecule has 0 saturated heterocycles. The van der Waals surface area contributed by atoms with Crippen LogP contribution >= 0.6 is 0 Å². The lowest BCUT2D eigenvalue weighted by molar-refractivity contribution is 0.292. The van der Waals surface area contributed by atoms with Gasteiger partial charge in [-0.1, -0.05) is 50.1 Å². The van der Waals surface area contributed by atoms with E-state index in [-0.39, 0.29) is 5.54 Å². The van der Waals surface area contributed by atoms with Crippen molar-refractivity contribution in [3.05, 3.63) is 35.4 Å². The third-order valence-corrected chi connectivity index (χ3v) is 3.92. The van der Waals surface area contributed by atoms with E-state index < -0.39 is 0 Å². The molecule has 0 heterocycles. The van der Waals surface area contributed by atoms with Crippen molar-refractivity contribution >= 4 is 0 Å². The number of hydrogen-bond acceptors (Lipinski definition) is 1. The van der Waals surface area contributed by atoms with E-state index in [1.54, 1.807) is 0 Å². The maximum atomic E-state index is 3.67. The van der Waals surface area contributed by atoms with Gasteiger partial charge in [-0.15, -0.1) is 0 Å². The number of benzene rings is 1. The van der Waals surface area contributed by atoms with E-state index in [0.717, 1.165) is 12.5 Å². The molecule has 0 amide bonds. The number of hydrogen-bond donors (Lipinski definition) is 1. The van der Waals surface area contributed by atoms with Gasteiger partial charge in [0, 0.05) is 5.54 Å². The van der Waals surface area contributed by atoms with Crippen molar-refractivity contribution in [3.8, 4) is 0 Å². The van der Waals surface area contributed by atoms with Gasteiger partial charge in [0.2, 0.25) is 0 Å². The summed E-state index contributed by atoms with van der Waals surface area (Å²) in [6.45, 7) is 14.7. The Hall–Kier alpha value is -0.820. The average molecular weight is 261 g/mol. The summed E-state index contributed by atoms with van der Waals surface area (Å²) in [4.78, 5) is 0. The molecule has 0 aromatic heterocycles. The third kappa shape index (κ3) is 6.24. The zero-order valence-corrected chi connectivity index (χ0v) is 13.6. The first kappa shape index (κ1) is 16.2. The molecule has 0 fully saturated rings. The first-order valence-electron chi connectivity index (χ1n) is 7.62. The SMILES string of the molecule is CCC(C)C(CNC(C)(C)C)Cc1cccc(C)c1. The molecular formula is C18H31N. The molecular weight excluding hydrogens is 230 g/mol. The summed E-state index contributed by atoms with van der Waals surface area (Å²) in [6.07, 6.45) is 2.43. The van der Waals surface area contributed by atoms with Gasteiger partial charge < -0.3 is 5.32 Å². The maximum Gasteiger partial charge on any atom is 0.00966 e. The van der Waals surface area contributed by atoms with E-state index in [0.29, 0.717) is 5.92 Å². The molecule has 1 heteroatoms. The highest BCUT2D eigenvalue weighted by molar-refractivity contribution is 5.22. The van der Waals surface area contributed by atoms with Crippen molar-refractivity contribution in [2.45, 2.75) is 59.9 Å².